The molecular weight excluding hydrogens is 268 g/mol. The quantitative estimate of drug-likeness (QED) is 0.675. The molecule has 0 aliphatic rings. The molecule has 0 fully saturated rings. The van der Waals surface area contributed by atoms with Crippen molar-refractivity contribution in [3.63, 3.8) is 0 Å². The fraction of sp³-hybridized carbons (Fsp3) is 0.250. The molecule has 2 aromatic carbocycles. The predicted molar refractivity (Wildman–Crippen MR) is 81.4 cm³/mol. The van der Waals surface area contributed by atoms with Gasteiger partial charge in [0.2, 0.25) is 0 Å². The van der Waals surface area contributed by atoms with Gasteiger partial charge in [0, 0.05) is 12.1 Å². The van der Waals surface area contributed by atoms with Crippen molar-refractivity contribution < 1.29 is 9.66 Å². The number of non-ortho nitro benzene ring substituents is 1. The molecule has 2 rings (SSSR count). The van der Waals surface area contributed by atoms with E-state index in [9.17, 15) is 10.1 Å². The van der Waals surface area contributed by atoms with Crippen molar-refractivity contribution in [2.45, 2.75) is 19.9 Å². The van der Waals surface area contributed by atoms with E-state index in [1.807, 2.05) is 32.0 Å². The minimum atomic E-state index is -0.428. The molecule has 0 aliphatic heterocycles. The number of aryl methyl sites for hydroxylation is 2. The first-order chi connectivity index (χ1) is 9.99. The van der Waals surface area contributed by atoms with E-state index in [0.717, 1.165) is 22.4 Å². The average Bonchev–Trinajstić information content (AvgIpc) is 2.46. The third-order valence-electron chi connectivity index (χ3n) is 3.35. The highest BCUT2D eigenvalue weighted by atomic mass is 16.6. The highest BCUT2D eigenvalue weighted by Crippen LogP contribution is 2.24. The Hall–Kier alpha value is -2.40. The SMILES string of the molecule is Cc1cccc(C)c1OCC(N)c1ccc([N+](=O)[O-])cc1. The average molecular weight is 286 g/mol. The Balaban J connectivity index is 2.04. The van der Waals surface area contributed by atoms with Crippen LogP contribution in [-0.4, -0.2) is 11.5 Å². The summed E-state index contributed by atoms with van der Waals surface area (Å²) in [5.74, 6) is 0.842. The Morgan fingerprint density at radius 1 is 1.14 bits per heavy atom. The van der Waals surface area contributed by atoms with Crippen molar-refractivity contribution >= 4 is 5.69 Å². The molecule has 1 atom stereocenters. The molecule has 0 bridgehead atoms. The standard InChI is InChI=1S/C16H18N2O3/c1-11-4-3-5-12(2)16(11)21-10-15(17)13-6-8-14(9-7-13)18(19)20/h3-9,15H,10,17H2,1-2H3. The number of ether oxygens (including phenoxy) is 1. The molecule has 2 aromatic rings. The zero-order valence-electron chi connectivity index (χ0n) is 12.1. The van der Waals surface area contributed by atoms with Gasteiger partial charge in [-0.1, -0.05) is 30.3 Å². The Kier molecular flexibility index (Phi) is 4.55. The van der Waals surface area contributed by atoms with Gasteiger partial charge >= 0.3 is 0 Å². The van der Waals surface area contributed by atoms with Gasteiger partial charge in [0.25, 0.3) is 5.69 Å². The van der Waals surface area contributed by atoms with Crippen LogP contribution in [0, 0.1) is 24.0 Å². The molecule has 1 unspecified atom stereocenters. The summed E-state index contributed by atoms with van der Waals surface area (Å²) < 4.78 is 5.80. The zero-order chi connectivity index (χ0) is 15.4. The van der Waals surface area contributed by atoms with Crippen molar-refractivity contribution in [2.75, 3.05) is 6.61 Å². The lowest BCUT2D eigenvalue weighted by Crippen LogP contribution is -2.19. The van der Waals surface area contributed by atoms with E-state index in [4.69, 9.17) is 10.5 Å². The highest BCUT2D eigenvalue weighted by Gasteiger charge is 2.11. The van der Waals surface area contributed by atoms with Gasteiger partial charge in [-0.15, -0.1) is 0 Å². The summed E-state index contributed by atoms with van der Waals surface area (Å²) in [7, 11) is 0. The molecule has 0 amide bonds. The van der Waals surface area contributed by atoms with Crippen molar-refractivity contribution in [1.82, 2.24) is 0 Å². The third kappa shape index (κ3) is 3.58. The molecule has 110 valence electrons. The van der Waals surface area contributed by atoms with Crippen LogP contribution in [0.5, 0.6) is 5.75 Å². The van der Waals surface area contributed by atoms with E-state index in [0.29, 0.717) is 6.61 Å². The number of nitro groups is 1. The van der Waals surface area contributed by atoms with Crippen LogP contribution in [-0.2, 0) is 0 Å². The second-order valence-electron chi connectivity index (χ2n) is 4.99. The number of para-hydroxylation sites is 1. The minimum absolute atomic E-state index is 0.0571. The van der Waals surface area contributed by atoms with E-state index < -0.39 is 4.92 Å². The van der Waals surface area contributed by atoms with Crippen LogP contribution in [0.4, 0.5) is 5.69 Å². The summed E-state index contributed by atoms with van der Waals surface area (Å²) >= 11 is 0. The summed E-state index contributed by atoms with van der Waals surface area (Å²) in [5.41, 5.74) is 9.07. The van der Waals surface area contributed by atoms with Gasteiger partial charge in [-0.05, 0) is 30.5 Å². The van der Waals surface area contributed by atoms with Crippen LogP contribution in [0.1, 0.15) is 22.7 Å². The van der Waals surface area contributed by atoms with E-state index in [2.05, 4.69) is 0 Å². The molecule has 0 saturated heterocycles. The molecule has 5 heteroatoms. The number of hydrogen-bond acceptors (Lipinski definition) is 4. The number of nitro benzene ring substituents is 1. The summed E-state index contributed by atoms with van der Waals surface area (Å²) in [6, 6.07) is 11.9. The Morgan fingerprint density at radius 2 is 1.71 bits per heavy atom. The number of benzene rings is 2. The smallest absolute Gasteiger partial charge is 0.269 e. The highest BCUT2D eigenvalue weighted by molar-refractivity contribution is 5.40. The summed E-state index contributed by atoms with van der Waals surface area (Å²) in [5, 5.41) is 10.6. The first-order valence-electron chi connectivity index (χ1n) is 6.68. The van der Waals surface area contributed by atoms with Gasteiger partial charge in [0.15, 0.2) is 0 Å². The maximum Gasteiger partial charge on any atom is 0.269 e. The molecule has 0 spiro atoms. The molecule has 0 radical (unpaired) electrons. The van der Waals surface area contributed by atoms with Crippen molar-refractivity contribution in [3.8, 4) is 5.75 Å². The Morgan fingerprint density at radius 3 is 2.24 bits per heavy atom. The fourth-order valence-corrected chi connectivity index (χ4v) is 2.14. The molecule has 2 N–H and O–H groups in total. The molecule has 5 nitrogen and oxygen atoms in total. The largest absolute Gasteiger partial charge is 0.491 e. The van der Waals surface area contributed by atoms with E-state index in [-0.39, 0.29) is 11.7 Å². The van der Waals surface area contributed by atoms with E-state index >= 15 is 0 Å². The maximum atomic E-state index is 10.6. The molecule has 0 heterocycles. The van der Waals surface area contributed by atoms with Crippen LogP contribution in [0.2, 0.25) is 0 Å². The van der Waals surface area contributed by atoms with Gasteiger partial charge < -0.3 is 10.5 Å². The molecule has 21 heavy (non-hydrogen) atoms. The first-order valence-corrected chi connectivity index (χ1v) is 6.68. The number of hydrogen-bond donors (Lipinski definition) is 1. The van der Waals surface area contributed by atoms with Gasteiger partial charge in [-0.25, -0.2) is 0 Å². The Labute approximate surface area is 123 Å². The topological polar surface area (TPSA) is 78.4 Å². The van der Waals surface area contributed by atoms with E-state index in [1.165, 1.54) is 12.1 Å². The number of nitrogens with two attached hydrogens (primary N) is 1. The normalized spacial score (nSPS) is 12.0. The third-order valence-corrected chi connectivity index (χ3v) is 3.35. The van der Waals surface area contributed by atoms with Crippen LogP contribution >= 0.6 is 0 Å². The van der Waals surface area contributed by atoms with Gasteiger partial charge in [0.05, 0.1) is 11.0 Å². The van der Waals surface area contributed by atoms with Crippen LogP contribution in [0.25, 0.3) is 0 Å². The lowest BCUT2D eigenvalue weighted by atomic mass is 10.1. The monoisotopic (exact) mass is 286 g/mol. The molecular formula is C16H18N2O3. The lowest BCUT2D eigenvalue weighted by molar-refractivity contribution is -0.384. The van der Waals surface area contributed by atoms with Crippen LogP contribution < -0.4 is 10.5 Å². The van der Waals surface area contributed by atoms with Gasteiger partial charge in [-0.2, -0.15) is 0 Å². The van der Waals surface area contributed by atoms with E-state index in [1.54, 1.807) is 12.1 Å². The molecule has 0 saturated carbocycles. The van der Waals surface area contributed by atoms with Crippen LogP contribution in [0.3, 0.4) is 0 Å². The lowest BCUT2D eigenvalue weighted by Gasteiger charge is -2.16. The zero-order valence-corrected chi connectivity index (χ0v) is 12.1. The number of rotatable bonds is 5. The van der Waals surface area contributed by atoms with Crippen molar-refractivity contribution in [1.29, 1.82) is 0 Å². The Bertz CT molecular complexity index is 618. The second-order valence-corrected chi connectivity index (χ2v) is 4.99. The first kappa shape index (κ1) is 15.0. The number of nitrogens with zero attached hydrogens (tertiary/aromatic N) is 1. The minimum Gasteiger partial charge on any atom is -0.491 e. The second kappa shape index (κ2) is 6.37. The summed E-state index contributed by atoms with van der Waals surface area (Å²) in [4.78, 5) is 10.2. The maximum absolute atomic E-state index is 10.6. The summed E-state index contributed by atoms with van der Waals surface area (Å²) in [6.45, 7) is 4.29. The summed E-state index contributed by atoms with van der Waals surface area (Å²) in [6.07, 6.45) is 0. The predicted octanol–water partition coefficient (Wildman–Crippen LogP) is 3.29. The fourth-order valence-electron chi connectivity index (χ4n) is 2.14. The van der Waals surface area contributed by atoms with Gasteiger partial charge in [-0.3, -0.25) is 10.1 Å². The van der Waals surface area contributed by atoms with Crippen molar-refractivity contribution in [3.05, 3.63) is 69.3 Å². The molecule has 0 aliphatic carbocycles. The molecule has 0 aromatic heterocycles. The van der Waals surface area contributed by atoms with Crippen molar-refractivity contribution in [2.24, 2.45) is 5.73 Å². The van der Waals surface area contributed by atoms with Crippen LogP contribution in [0.15, 0.2) is 42.5 Å². The van der Waals surface area contributed by atoms with Gasteiger partial charge in [0.1, 0.15) is 12.4 Å².